The molecule has 0 saturated carbocycles. The lowest BCUT2D eigenvalue weighted by atomic mass is 10.1. The number of hydrogen-bond acceptors (Lipinski definition) is 2. The quantitative estimate of drug-likeness (QED) is 0.746. The summed E-state index contributed by atoms with van der Waals surface area (Å²) >= 11 is 1.52. The van der Waals surface area contributed by atoms with Gasteiger partial charge in [0.25, 0.3) is 0 Å². The molecular weight excluding hydrogens is 273 g/mol. The summed E-state index contributed by atoms with van der Waals surface area (Å²) in [4.78, 5) is 2.00. The molecule has 19 heavy (non-hydrogen) atoms. The van der Waals surface area contributed by atoms with Crippen molar-refractivity contribution in [3.8, 4) is 16.2 Å². The second kappa shape index (κ2) is 5.09. The summed E-state index contributed by atoms with van der Waals surface area (Å²) in [5, 5.41) is 0. The average Bonchev–Trinajstić information content (AvgIpc) is 2.74. The maximum absolute atomic E-state index is 12.3. The van der Waals surface area contributed by atoms with Gasteiger partial charge in [-0.2, -0.15) is 0 Å². The minimum atomic E-state index is -4.71. The van der Waals surface area contributed by atoms with Gasteiger partial charge in [-0.15, -0.1) is 24.5 Å². The van der Waals surface area contributed by atoms with Crippen LogP contribution in [0.25, 0.3) is 16.5 Å². The standard InChI is InChI=1S/C14H11F3OS/c1-3-10-5-6-11(13-7-4-9(2)19-13)8-12(10)18-14(15,16)17/h3-8H,1H2,2H3. The Labute approximate surface area is 113 Å². The lowest BCUT2D eigenvalue weighted by Gasteiger charge is -2.12. The third-order valence-corrected chi connectivity index (χ3v) is 3.53. The largest absolute Gasteiger partial charge is 0.573 e. The third-order valence-electron chi connectivity index (χ3n) is 2.48. The molecule has 0 saturated heterocycles. The molecule has 0 aliphatic rings. The summed E-state index contributed by atoms with van der Waals surface area (Å²) in [5.74, 6) is -0.231. The highest BCUT2D eigenvalue weighted by molar-refractivity contribution is 7.15. The third kappa shape index (κ3) is 3.38. The van der Waals surface area contributed by atoms with Gasteiger partial charge in [0.05, 0.1) is 0 Å². The van der Waals surface area contributed by atoms with E-state index in [1.165, 1.54) is 23.5 Å². The average molecular weight is 284 g/mol. The second-order valence-corrected chi connectivity index (χ2v) is 5.20. The van der Waals surface area contributed by atoms with Crippen molar-refractivity contribution in [2.75, 3.05) is 0 Å². The maximum atomic E-state index is 12.3. The minimum absolute atomic E-state index is 0.231. The minimum Gasteiger partial charge on any atom is -0.405 e. The molecule has 0 amide bonds. The molecule has 0 radical (unpaired) electrons. The fourth-order valence-electron chi connectivity index (χ4n) is 1.66. The fraction of sp³-hybridized carbons (Fsp3) is 0.143. The van der Waals surface area contributed by atoms with Gasteiger partial charge < -0.3 is 4.74 Å². The van der Waals surface area contributed by atoms with E-state index in [1.54, 1.807) is 12.1 Å². The van der Waals surface area contributed by atoms with Crippen LogP contribution in [0.4, 0.5) is 13.2 Å². The zero-order chi connectivity index (χ0) is 14.0. The van der Waals surface area contributed by atoms with E-state index in [1.807, 2.05) is 19.1 Å². The summed E-state index contributed by atoms with van der Waals surface area (Å²) in [6, 6.07) is 8.51. The topological polar surface area (TPSA) is 9.23 Å². The highest BCUT2D eigenvalue weighted by Crippen LogP contribution is 2.34. The zero-order valence-corrected chi connectivity index (χ0v) is 10.9. The Hall–Kier alpha value is -1.75. The molecule has 0 atom stereocenters. The number of alkyl halides is 3. The molecular formula is C14H11F3OS. The van der Waals surface area contributed by atoms with E-state index in [0.717, 1.165) is 9.75 Å². The molecule has 0 fully saturated rings. The van der Waals surface area contributed by atoms with Gasteiger partial charge in [-0.05, 0) is 30.7 Å². The number of rotatable bonds is 3. The van der Waals surface area contributed by atoms with Crippen molar-refractivity contribution >= 4 is 17.4 Å². The van der Waals surface area contributed by atoms with E-state index in [-0.39, 0.29) is 5.75 Å². The number of hydrogen-bond donors (Lipinski definition) is 0. The summed E-state index contributed by atoms with van der Waals surface area (Å²) in [5.41, 5.74) is 1.01. The van der Waals surface area contributed by atoms with E-state index in [2.05, 4.69) is 11.3 Å². The van der Waals surface area contributed by atoms with Gasteiger partial charge in [0, 0.05) is 15.3 Å². The first-order chi connectivity index (χ1) is 8.89. The molecule has 1 aromatic carbocycles. The molecule has 1 nitrogen and oxygen atoms in total. The first-order valence-corrected chi connectivity index (χ1v) is 6.30. The summed E-state index contributed by atoms with van der Waals surface area (Å²) < 4.78 is 41.1. The van der Waals surface area contributed by atoms with Crippen LogP contribution in [0, 0.1) is 6.92 Å². The lowest BCUT2D eigenvalue weighted by Crippen LogP contribution is -2.17. The van der Waals surface area contributed by atoms with Crippen molar-refractivity contribution in [2.24, 2.45) is 0 Å². The Morgan fingerprint density at radius 1 is 1.21 bits per heavy atom. The van der Waals surface area contributed by atoms with Gasteiger partial charge in [0.2, 0.25) is 0 Å². The van der Waals surface area contributed by atoms with Crippen molar-refractivity contribution in [3.63, 3.8) is 0 Å². The van der Waals surface area contributed by atoms with Crippen LogP contribution in [0.5, 0.6) is 5.75 Å². The predicted molar refractivity (Wildman–Crippen MR) is 71.3 cm³/mol. The number of aryl methyl sites for hydroxylation is 1. The van der Waals surface area contributed by atoms with Crippen LogP contribution in [0.1, 0.15) is 10.4 Å². The molecule has 0 unspecified atom stereocenters. The van der Waals surface area contributed by atoms with Crippen LogP contribution in [0.15, 0.2) is 36.9 Å². The zero-order valence-electron chi connectivity index (χ0n) is 10.1. The Morgan fingerprint density at radius 2 is 1.95 bits per heavy atom. The van der Waals surface area contributed by atoms with Crippen molar-refractivity contribution < 1.29 is 17.9 Å². The molecule has 2 aromatic rings. The van der Waals surface area contributed by atoms with Crippen molar-refractivity contribution in [1.29, 1.82) is 0 Å². The molecule has 0 aliphatic heterocycles. The number of thiophene rings is 1. The van der Waals surface area contributed by atoms with Crippen molar-refractivity contribution in [3.05, 3.63) is 47.4 Å². The number of halogens is 3. The maximum Gasteiger partial charge on any atom is 0.573 e. The van der Waals surface area contributed by atoms with Crippen LogP contribution >= 0.6 is 11.3 Å². The summed E-state index contributed by atoms with van der Waals surface area (Å²) in [6.07, 6.45) is -3.37. The molecule has 5 heteroatoms. The molecule has 1 aromatic heterocycles. The normalized spacial score (nSPS) is 11.4. The molecule has 0 N–H and O–H groups in total. The van der Waals surface area contributed by atoms with Crippen molar-refractivity contribution in [2.45, 2.75) is 13.3 Å². The summed E-state index contributed by atoms with van der Waals surface area (Å²) in [6.45, 7) is 5.43. The monoisotopic (exact) mass is 284 g/mol. The van der Waals surface area contributed by atoms with Crippen LogP contribution in [0.3, 0.4) is 0 Å². The molecule has 1 heterocycles. The highest BCUT2D eigenvalue weighted by atomic mass is 32.1. The van der Waals surface area contributed by atoms with Gasteiger partial charge in [-0.25, -0.2) is 0 Å². The highest BCUT2D eigenvalue weighted by Gasteiger charge is 2.32. The smallest absolute Gasteiger partial charge is 0.405 e. The van der Waals surface area contributed by atoms with E-state index >= 15 is 0 Å². The van der Waals surface area contributed by atoms with E-state index < -0.39 is 6.36 Å². The van der Waals surface area contributed by atoms with Crippen LogP contribution < -0.4 is 4.74 Å². The Bertz CT molecular complexity index is 599. The Morgan fingerprint density at radius 3 is 2.47 bits per heavy atom. The predicted octanol–water partition coefficient (Wildman–Crippen LogP) is 5.27. The Kier molecular flexibility index (Phi) is 3.66. The number of ether oxygens (including phenoxy) is 1. The van der Waals surface area contributed by atoms with Crippen molar-refractivity contribution in [1.82, 2.24) is 0 Å². The van der Waals surface area contributed by atoms with Crippen LogP contribution in [0.2, 0.25) is 0 Å². The van der Waals surface area contributed by atoms with Gasteiger partial charge >= 0.3 is 6.36 Å². The second-order valence-electron chi connectivity index (χ2n) is 3.91. The van der Waals surface area contributed by atoms with Gasteiger partial charge in [0.1, 0.15) is 5.75 Å². The fourth-order valence-corrected chi connectivity index (χ4v) is 2.52. The lowest BCUT2D eigenvalue weighted by molar-refractivity contribution is -0.274. The van der Waals surface area contributed by atoms with E-state index in [4.69, 9.17) is 0 Å². The first-order valence-electron chi connectivity index (χ1n) is 5.48. The van der Waals surface area contributed by atoms with Gasteiger partial charge in [0.15, 0.2) is 0 Å². The molecule has 0 aliphatic carbocycles. The first kappa shape index (κ1) is 13.7. The molecule has 2 rings (SSSR count). The SMILES string of the molecule is C=Cc1ccc(-c2ccc(C)s2)cc1OC(F)(F)F. The molecule has 0 spiro atoms. The number of benzene rings is 1. The summed E-state index contributed by atoms with van der Waals surface area (Å²) in [7, 11) is 0. The van der Waals surface area contributed by atoms with E-state index in [0.29, 0.717) is 11.1 Å². The Balaban J connectivity index is 2.43. The molecule has 0 bridgehead atoms. The van der Waals surface area contributed by atoms with E-state index in [9.17, 15) is 13.2 Å². The van der Waals surface area contributed by atoms with Gasteiger partial charge in [-0.1, -0.05) is 24.8 Å². The molecule has 100 valence electrons. The van der Waals surface area contributed by atoms with Crippen LogP contribution in [-0.4, -0.2) is 6.36 Å². The van der Waals surface area contributed by atoms with Crippen LogP contribution in [-0.2, 0) is 0 Å². The van der Waals surface area contributed by atoms with Gasteiger partial charge in [-0.3, -0.25) is 0 Å².